The molecule has 0 fully saturated rings. The molecule has 82 valence electrons. The number of ether oxygens (including phenoxy) is 1. The summed E-state index contributed by atoms with van der Waals surface area (Å²) >= 11 is 0. The molecule has 0 N–H and O–H groups in total. The number of alkyl halides is 5. The fourth-order valence-corrected chi connectivity index (χ4v) is 0.356. The zero-order chi connectivity index (χ0) is 11.6. The van der Waals surface area contributed by atoms with Crippen molar-refractivity contribution in [3.05, 3.63) is 12.2 Å². The first-order chi connectivity index (χ1) is 6.14. The van der Waals surface area contributed by atoms with Crippen LogP contribution in [0, 0.1) is 0 Å². The lowest BCUT2D eigenvalue weighted by Crippen LogP contribution is -2.45. The van der Waals surface area contributed by atoms with Gasteiger partial charge in [-0.2, -0.15) is 17.6 Å². The predicted octanol–water partition coefficient (Wildman–Crippen LogP) is 2.30. The minimum atomic E-state index is -5.17. The van der Waals surface area contributed by atoms with Crippen molar-refractivity contribution in [2.24, 2.45) is 0 Å². The summed E-state index contributed by atoms with van der Waals surface area (Å²) in [6.07, 6.45) is -5.17. The molecule has 0 atom stereocenters. The second kappa shape index (κ2) is 3.93. The number of carbonyl (C=O) groups is 1. The van der Waals surface area contributed by atoms with E-state index in [2.05, 4.69) is 11.3 Å². The summed E-state index contributed by atoms with van der Waals surface area (Å²) < 4.78 is 63.5. The molecule has 0 unspecified atom stereocenters. The van der Waals surface area contributed by atoms with Crippen LogP contribution < -0.4 is 0 Å². The molecule has 0 aliphatic carbocycles. The van der Waals surface area contributed by atoms with Crippen LogP contribution in [0.1, 0.15) is 6.92 Å². The Labute approximate surface area is 76.3 Å². The Morgan fingerprint density at radius 3 is 2.07 bits per heavy atom. The predicted molar refractivity (Wildman–Crippen MR) is 36.8 cm³/mol. The molecule has 0 saturated heterocycles. The van der Waals surface area contributed by atoms with Crippen LogP contribution >= 0.6 is 0 Å². The van der Waals surface area contributed by atoms with Crippen LogP contribution in [0.15, 0.2) is 12.2 Å². The molecule has 0 aliphatic rings. The van der Waals surface area contributed by atoms with Gasteiger partial charge in [0.1, 0.15) is 0 Å². The molecule has 14 heavy (non-hydrogen) atoms. The maximum Gasteiger partial charge on any atom is 0.469 e. The van der Waals surface area contributed by atoms with Crippen molar-refractivity contribution in [1.82, 2.24) is 0 Å². The van der Waals surface area contributed by atoms with Gasteiger partial charge >= 0.3 is 18.0 Å². The number of hydrogen-bond donors (Lipinski definition) is 0. The van der Waals surface area contributed by atoms with Crippen LogP contribution in [0.25, 0.3) is 0 Å². The summed E-state index contributed by atoms with van der Waals surface area (Å²) in [7, 11) is 0. The van der Waals surface area contributed by atoms with Crippen LogP contribution in [0.5, 0.6) is 0 Å². The minimum Gasteiger partial charge on any atom is -0.393 e. The van der Waals surface area contributed by atoms with E-state index in [9.17, 15) is 26.7 Å². The lowest BCUT2D eigenvalue weighted by Gasteiger charge is -2.22. The normalized spacial score (nSPS) is 12.4. The summed E-state index contributed by atoms with van der Waals surface area (Å²) in [4.78, 5) is 10.5. The van der Waals surface area contributed by atoms with Crippen molar-refractivity contribution in [3.8, 4) is 0 Å². The monoisotopic (exact) mass is 218 g/mol. The SMILES string of the molecule is C=C(C)C(=O)OC(F)(F)C(F)(F)CF. The number of rotatable bonds is 4. The third kappa shape index (κ3) is 2.68. The lowest BCUT2D eigenvalue weighted by atomic mass is 10.3. The van der Waals surface area contributed by atoms with Gasteiger partial charge in [-0.15, -0.1) is 0 Å². The van der Waals surface area contributed by atoms with Crippen molar-refractivity contribution in [2.45, 2.75) is 19.0 Å². The fraction of sp³-hybridized carbons (Fsp3) is 0.571. The molecular formula is C7H7F5O2. The van der Waals surface area contributed by atoms with Crippen molar-refractivity contribution in [3.63, 3.8) is 0 Å². The zero-order valence-electron chi connectivity index (χ0n) is 7.12. The smallest absolute Gasteiger partial charge is 0.393 e. The molecule has 0 amide bonds. The number of carbonyl (C=O) groups excluding carboxylic acids is 1. The largest absolute Gasteiger partial charge is 0.469 e. The second-order valence-electron chi connectivity index (χ2n) is 2.52. The molecule has 0 aromatic heterocycles. The summed E-state index contributed by atoms with van der Waals surface area (Å²) in [5, 5.41) is 0. The molecule has 0 radical (unpaired) electrons. The fourth-order valence-electron chi connectivity index (χ4n) is 0.356. The van der Waals surface area contributed by atoms with E-state index >= 15 is 0 Å². The number of esters is 1. The second-order valence-corrected chi connectivity index (χ2v) is 2.52. The van der Waals surface area contributed by atoms with Gasteiger partial charge in [0.15, 0.2) is 6.67 Å². The van der Waals surface area contributed by atoms with Crippen LogP contribution in [0.3, 0.4) is 0 Å². The molecule has 2 nitrogen and oxygen atoms in total. The molecule has 0 bridgehead atoms. The average molecular weight is 218 g/mol. The van der Waals surface area contributed by atoms with Crippen LogP contribution in [0.4, 0.5) is 22.0 Å². The van der Waals surface area contributed by atoms with E-state index in [1.165, 1.54) is 0 Å². The van der Waals surface area contributed by atoms with Crippen molar-refractivity contribution < 1.29 is 31.5 Å². The molecule has 0 aromatic carbocycles. The van der Waals surface area contributed by atoms with E-state index in [1.807, 2.05) is 0 Å². The lowest BCUT2D eigenvalue weighted by molar-refractivity contribution is -0.331. The number of hydrogen-bond acceptors (Lipinski definition) is 2. The standard InChI is InChI=1S/C7H7F5O2/c1-4(2)5(13)14-7(11,12)6(9,10)3-8/h1,3H2,2H3. The van der Waals surface area contributed by atoms with Gasteiger partial charge in [-0.25, -0.2) is 9.18 Å². The first-order valence-electron chi connectivity index (χ1n) is 3.34. The van der Waals surface area contributed by atoms with Gasteiger partial charge in [0, 0.05) is 5.57 Å². The highest BCUT2D eigenvalue weighted by atomic mass is 19.3. The van der Waals surface area contributed by atoms with Gasteiger partial charge in [0.05, 0.1) is 0 Å². The van der Waals surface area contributed by atoms with E-state index in [0.717, 1.165) is 6.92 Å². The van der Waals surface area contributed by atoms with Crippen LogP contribution in [0.2, 0.25) is 0 Å². The van der Waals surface area contributed by atoms with Crippen LogP contribution in [-0.4, -0.2) is 24.7 Å². The summed E-state index contributed by atoms with van der Waals surface area (Å²) in [5.41, 5.74) is -0.487. The third-order valence-electron chi connectivity index (χ3n) is 1.16. The Morgan fingerprint density at radius 1 is 1.36 bits per heavy atom. The van der Waals surface area contributed by atoms with E-state index in [4.69, 9.17) is 0 Å². The molecule has 0 saturated carbocycles. The highest BCUT2D eigenvalue weighted by Crippen LogP contribution is 2.35. The van der Waals surface area contributed by atoms with Gasteiger partial charge in [0.2, 0.25) is 0 Å². The van der Waals surface area contributed by atoms with Gasteiger partial charge in [0.25, 0.3) is 0 Å². The van der Waals surface area contributed by atoms with E-state index in [1.54, 1.807) is 0 Å². The highest BCUT2D eigenvalue weighted by Gasteiger charge is 2.60. The Kier molecular flexibility index (Phi) is 3.61. The minimum absolute atomic E-state index is 0.487. The number of halogens is 5. The van der Waals surface area contributed by atoms with Crippen LogP contribution in [-0.2, 0) is 9.53 Å². The highest BCUT2D eigenvalue weighted by molar-refractivity contribution is 5.87. The average Bonchev–Trinajstić information content (AvgIpc) is 2.03. The van der Waals surface area contributed by atoms with E-state index in [-0.39, 0.29) is 0 Å². The van der Waals surface area contributed by atoms with Gasteiger partial charge in [-0.3, -0.25) is 0 Å². The molecule has 0 heterocycles. The summed E-state index contributed by atoms with van der Waals surface area (Å²) in [6, 6.07) is 0. The van der Waals surface area contributed by atoms with Gasteiger partial charge < -0.3 is 4.74 Å². The first-order valence-corrected chi connectivity index (χ1v) is 3.34. The molecule has 0 aromatic rings. The quantitative estimate of drug-likeness (QED) is 0.411. The van der Waals surface area contributed by atoms with Crippen molar-refractivity contribution >= 4 is 5.97 Å². The maximum absolute atomic E-state index is 12.3. The van der Waals surface area contributed by atoms with E-state index < -0.39 is 30.2 Å². The summed E-state index contributed by atoms with van der Waals surface area (Å²) in [5.74, 6) is -6.74. The van der Waals surface area contributed by atoms with Gasteiger partial charge in [-0.1, -0.05) is 6.58 Å². The molecule has 0 rings (SSSR count). The third-order valence-corrected chi connectivity index (χ3v) is 1.16. The van der Waals surface area contributed by atoms with Crippen molar-refractivity contribution in [2.75, 3.05) is 6.67 Å². The maximum atomic E-state index is 12.3. The molecular weight excluding hydrogens is 211 g/mol. The molecule has 0 spiro atoms. The Morgan fingerprint density at radius 2 is 1.79 bits per heavy atom. The Bertz CT molecular complexity index is 248. The van der Waals surface area contributed by atoms with E-state index in [0.29, 0.717) is 0 Å². The Balaban J connectivity index is 4.65. The summed E-state index contributed by atoms with van der Waals surface area (Å²) in [6.45, 7) is 1.27. The zero-order valence-corrected chi connectivity index (χ0v) is 7.12. The van der Waals surface area contributed by atoms with Crippen molar-refractivity contribution in [1.29, 1.82) is 0 Å². The molecule has 0 aliphatic heterocycles. The first kappa shape index (κ1) is 12.9. The topological polar surface area (TPSA) is 26.3 Å². The Hall–Kier alpha value is -1.14. The molecule has 7 heteroatoms. The van der Waals surface area contributed by atoms with Gasteiger partial charge in [-0.05, 0) is 6.92 Å².